The Morgan fingerprint density at radius 2 is 1.90 bits per heavy atom. The second kappa shape index (κ2) is 6.58. The number of nitrogens with one attached hydrogen (secondary N) is 2. The summed E-state index contributed by atoms with van der Waals surface area (Å²) in [4.78, 5) is 13.4. The van der Waals surface area contributed by atoms with Crippen molar-refractivity contribution < 1.29 is 14.3 Å². The first kappa shape index (κ1) is 14.5. The Morgan fingerprint density at radius 1 is 1.24 bits per heavy atom. The van der Waals surface area contributed by atoms with E-state index in [0.29, 0.717) is 19.0 Å². The average molecular weight is 308 g/mol. The summed E-state index contributed by atoms with van der Waals surface area (Å²) in [6, 6.07) is 3.82. The van der Waals surface area contributed by atoms with E-state index in [0.717, 1.165) is 42.3 Å². The number of piperidine rings is 1. The molecule has 0 saturated carbocycles. The summed E-state index contributed by atoms with van der Waals surface area (Å²) in [5, 5.41) is 6.33. The number of carbonyl (C=O) groups excluding carboxylic acids is 1. The van der Waals surface area contributed by atoms with Crippen LogP contribution in [0.1, 0.15) is 12.8 Å². The second-order valence-corrected chi connectivity index (χ2v) is 6.06. The van der Waals surface area contributed by atoms with Gasteiger partial charge >= 0.3 is 0 Å². The van der Waals surface area contributed by atoms with Gasteiger partial charge in [0.25, 0.3) is 0 Å². The zero-order chi connectivity index (χ0) is 14.7. The molecular formula is C15H20N2O3S. The summed E-state index contributed by atoms with van der Waals surface area (Å²) in [6.45, 7) is 2.94. The molecule has 2 heterocycles. The van der Waals surface area contributed by atoms with Crippen molar-refractivity contribution in [3.05, 3.63) is 12.1 Å². The number of hydrogen-bond donors (Lipinski definition) is 2. The summed E-state index contributed by atoms with van der Waals surface area (Å²) in [5.74, 6) is 1.66. The Kier molecular flexibility index (Phi) is 4.55. The topological polar surface area (TPSA) is 59.6 Å². The molecule has 1 fully saturated rings. The number of thioether (sulfide) groups is 1. The normalized spacial score (nSPS) is 18.3. The molecule has 0 aliphatic carbocycles. The zero-order valence-electron chi connectivity index (χ0n) is 12.1. The lowest BCUT2D eigenvalue weighted by atomic mass is 9.97. The monoisotopic (exact) mass is 308 g/mol. The first-order valence-corrected chi connectivity index (χ1v) is 8.49. The number of fused-ring (bicyclic) bond motifs is 1. The standard InChI is InChI=1S/C15H20N2O3S/c1-21-14-9-13-12(19-6-7-20-13)8-11(14)17-15(18)10-2-4-16-5-3-10/h8-10,16H,2-7H2,1H3,(H,17,18). The summed E-state index contributed by atoms with van der Waals surface area (Å²) in [7, 11) is 0. The molecule has 6 heteroatoms. The third-order valence-corrected chi connectivity index (χ3v) is 4.61. The van der Waals surface area contributed by atoms with Crippen molar-refractivity contribution in [3.63, 3.8) is 0 Å². The number of benzene rings is 1. The number of carbonyl (C=O) groups is 1. The van der Waals surface area contributed by atoms with Crippen molar-refractivity contribution >= 4 is 23.4 Å². The van der Waals surface area contributed by atoms with Crippen LogP contribution < -0.4 is 20.1 Å². The third-order valence-electron chi connectivity index (χ3n) is 3.83. The fourth-order valence-corrected chi connectivity index (χ4v) is 3.21. The molecule has 21 heavy (non-hydrogen) atoms. The maximum absolute atomic E-state index is 12.4. The smallest absolute Gasteiger partial charge is 0.227 e. The van der Waals surface area contributed by atoms with Crippen LogP contribution in [0.2, 0.25) is 0 Å². The maximum Gasteiger partial charge on any atom is 0.227 e. The number of amides is 1. The molecule has 114 valence electrons. The third kappa shape index (κ3) is 3.27. The Bertz CT molecular complexity index is 530. The highest BCUT2D eigenvalue weighted by atomic mass is 32.2. The quantitative estimate of drug-likeness (QED) is 0.838. The Hall–Kier alpha value is -1.40. The van der Waals surface area contributed by atoms with Crippen LogP contribution in [0, 0.1) is 5.92 Å². The van der Waals surface area contributed by atoms with Gasteiger partial charge < -0.3 is 20.1 Å². The van der Waals surface area contributed by atoms with Gasteiger partial charge in [-0.3, -0.25) is 4.79 Å². The van der Waals surface area contributed by atoms with Gasteiger partial charge in [0.1, 0.15) is 13.2 Å². The number of ether oxygens (including phenoxy) is 2. The fraction of sp³-hybridized carbons (Fsp3) is 0.533. The molecule has 1 amide bonds. The minimum atomic E-state index is 0.0918. The SMILES string of the molecule is CSc1cc2c(cc1NC(=O)C1CCNCC1)OCCO2. The first-order chi connectivity index (χ1) is 10.3. The molecule has 0 bridgehead atoms. The van der Waals surface area contributed by atoms with Crippen LogP contribution >= 0.6 is 11.8 Å². The van der Waals surface area contributed by atoms with Gasteiger partial charge in [-0.15, -0.1) is 11.8 Å². The zero-order valence-corrected chi connectivity index (χ0v) is 12.9. The Labute approximate surface area is 128 Å². The van der Waals surface area contributed by atoms with E-state index in [-0.39, 0.29) is 11.8 Å². The van der Waals surface area contributed by atoms with E-state index in [2.05, 4.69) is 10.6 Å². The van der Waals surface area contributed by atoms with E-state index in [1.165, 1.54) is 0 Å². The predicted molar refractivity (Wildman–Crippen MR) is 83.4 cm³/mol. The minimum absolute atomic E-state index is 0.0918. The molecule has 2 aliphatic heterocycles. The van der Waals surface area contributed by atoms with Gasteiger partial charge in [-0.25, -0.2) is 0 Å². The van der Waals surface area contributed by atoms with Crippen LogP contribution in [0.4, 0.5) is 5.69 Å². The van der Waals surface area contributed by atoms with Gasteiger partial charge in [-0.1, -0.05) is 0 Å². The summed E-state index contributed by atoms with van der Waals surface area (Å²) >= 11 is 1.59. The molecule has 2 aliphatic rings. The van der Waals surface area contributed by atoms with Crippen LogP contribution in [0.25, 0.3) is 0 Å². The first-order valence-electron chi connectivity index (χ1n) is 7.27. The van der Waals surface area contributed by atoms with E-state index in [9.17, 15) is 4.79 Å². The lowest BCUT2D eigenvalue weighted by Crippen LogP contribution is -2.34. The molecule has 3 rings (SSSR count). The second-order valence-electron chi connectivity index (χ2n) is 5.21. The van der Waals surface area contributed by atoms with Crippen molar-refractivity contribution in [2.75, 3.05) is 37.9 Å². The van der Waals surface area contributed by atoms with Crippen molar-refractivity contribution in [3.8, 4) is 11.5 Å². The molecule has 1 aromatic rings. The van der Waals surface area contributed by atoms with Gasteiger partial charge in [-0.2, -0.15) is 0 Å². The van der Waals surface area contributed by atoms with Crippen molar-refractivity contribution in [2.24, 2.45) is 5.92 Å². The molecule has 0 unspecified atom stereocenters. The van der Waals surface area contributed by atoms with Gasteiger partial charge in [0.05, 0.1) is 5.69 Å². The molecule has 5 nitrogen and oxygen atoms in total. The number of hydrogen-bond acceptors (Lipinski definition) is 5. The van der Waals surface area contributed by atoms with E-state index < -0.39 is 0 Å². The maximum atomic E-state index is 12.4. The molecule has 0 spiro atoms. The number of rotatable bonds is 3. The largest absolute Gasteiger partial charge is 0.486 e. The lowest BCUT2D eigenvalue weighted by Gasteiger charge is -2.24. The molecule has 0 radical (unpaired) electrons. The summed E-state index contributed by atoms with van der Waals surface area (Å²) < 4.78 is 11.2. The predicted octanol–water partition coefficient (Wildman–Crippen LogP) is 2.12. The van der Waals surface area contributed by atoms with Crippen LogP contribution in [0.3, 0.4) is 0 Å². The van der Waals surface area contributed by atoms with Crippen LogP contribution in [-0.2, 0) is 4.79 Å². The van der Waals surface area contributed by atoms with Crippen molar-refractivity contribution in [2.45, 2.75) is 17.7 Å². The van der Waals surface area contributed by atoms with Gasteiger partial charge in [0.15, 0.2) is 11.5 Å². The Morgan fingerprint density at radius 3 is 2.57 bits per heavy atom. The highest BCUT2D eigenvalue weighted by Crippen LogP contribution is 2.39. The van der Waals surface area contributed by atoms with Crippen molar-refractivity contribution in [1.29, 1.82) is 0 Å². The van der Waals surface area contributed by atoms with Crippen molar-refractivity contribution in [1.82, 2.24) is 5.32 Å². The average Bonchev–Trinajstić information content (AvgIpc) is 2.55. The summed E-state index contributed by atoms with van der Waals surface area (Å²) in [5.41, 5.74) is 0.815. The number of anilines is 1. The molecule has 1 saturated heterocycles. The van der Waals surface area contributed by atoms with E-state index >= 15 is 0 Å². The molecule has 0 aromatic heterocycles. The Balaban J connectivity index is 1.78. The summed E-state index contributed by atoms with van der Waals surface area (Å²) in [6.07, 6.45) is 3.78. The molecular weight excluding hydrogens is 288 g/mol. The van der Waals surface area contributed by atoms with Crippen LogP contribution in [0.15, 0.2) is 17.0 Å². The highest BCUT2D eigenvalue weighted by molar-refractivity contribution is 7.98. The molecule has 0 atom stereocenters. The van der Waals surface area contributed by atoms with E-state index in [1.54, 1.807) is 11.8 Å². The van der Waals surface area contributed by atoms with Crippen LogP contribution in [-0.4, -0.2) is 38.5 Å². The van der Waals surface area contributed by atoms with Gasteiger partial charge in [-0.05, 0) is 38.3 Å². The van der Waals surface area contributed by atoms with Crippen LogP contribution in [0.5, 0.6) is 11.5 Å². The highest BCUT2D eigenvalue weighted by Gasteiger charge is 2.23. The molecule has 2 N–H and O–H groups in total. The van der Waals surface area contributed by atoms with Gasteiger partial charge in [0, 0.05) is 16.9 Å². The minimum Gasteiger partial charge on any atom is -0.486 e. The molecule has 1 aromatic carbocycles. The van der Waals surface area contributed by atoms with E-state index in [1.807, 2.05) is 18.4 Å². The van der Waals surface area contributed by atoms with Gasteiger partial charge in [0.2, 0.25) is 5.91 Å². The van der Waals surface area contributed by atoms with E-state index in [4.69, 9.17) is 9.47 Å². The lowest BCUT2D eigenvalue weighted by molar-refractivity contribution is -0.120. The fourth-order valence-electron chi connectivity index (χ4n) is 2.66.